The molecule has 1 heterocycles. The van der Waals surface area contributed by atoms with Crippen molar-refractivity contribution >= 4 is 0 Å². The first-order chi connectivity index (χ1) is 6.85. The molecule has 1 aliphatic carbocycles. The van der Waals surface area contributed by atoms with Crippen molar-refractivity contribution in [2.24, 2.45) is 5.41 Å². The van der Waals surface area contributed by atoms with Crippen molar-refractivity contribution in [3.05, 3.63) is 0 Å². The van der Waals surface area contributed by atoms with Gasteiger partial charge in [0.15, 0.2) is 0 Å². The molecule has 0 spiro atoms. The van der Waals surface area contributed by atoms with E-state index in [-0.39, 0.29) is 5.41 Å². The Morgan fingerprint density at radius 3 is 2.64 bits per heavy atom. The van der Waals surface area contributed by atoms with Gasteiger partial charge < -0.3 is 4.74 Å². The summed E-state index contributed by atoms with van der Waals surface area (Å²) in [6, 6.07) is 2.55. The summed E-state index contributed by atoms with van der Waals surface area (Å²) in [6.45, 7) is 0.935. The minimum Gasteiger partial charge on any atom is -0.378 e. The second-order valence-electron chi connectivity index (χ2n) is 4.77. The molecule has 1 saturated carbocycles. The minimum absolute atomic E-state index is 0.0198. The quantitative estimate of drug-likeness (QED) is 0.690. The Balaban J connectivity index is 1.80. The van der Waals surface area contributed by atoms with Crippen LogP contribution >= 0.6 is 0 Å². The zero-order valence-corrected chi connectivity index (χ0v) is 8.80. The van der Waals surface area contributed by atoms with Gasteiger partial charge in [0.05, 0.1) is 17.6 Å². The number of hydrogen-bond donors (Lipinski definition) is 0. The molecule has 1 aliphatic heterocycles. The van der Waals surface area contributed by atoms with Gasteiger partial charge in [-0.3, -0.25) is 0 Å². The molecule has 1 saturated heterocycles. The lowest BCUT2D eigenvalue weighted by molar-refractivity contribution is 0.0940. The number of ether oxygens (including phenoxy) is 1. The van der Waals surface area contributed by atoms with Gasteiger partial charge in [-0.15, -0.1) is 0 Å². The highest BCUT2D eigenvalue weighted by atomic mass is 16.5. The molecule has 1 atom stereocenters. The average molecular weight is 193 g/mol. The fourth-order valence-corrected chi connectivity index (χ4v) is 2.78. The van der Waals surface area contributed by atoms with Crippen molar-refractivity contribution in [3.8, 4) is 6.07 Å². The Labute approximate surface area is 86.2 Å². The second-order valence-corrected chi connectivity index (χ2v) is 4.77. The Hall–Kier alpha value is -0.550. The van der Waals surface area contributed by atoms with Gasteiger partial charge in [-0.05, 0) is 38.5 Å². The normalized spacial score (nSPS) is 30.4. The molecule has 0 aromatic heterocycles. The Bertz CT molecular complexity index is 219. The first-order valence-electron chi connectivity index (χ1n) is 5.88. The van der Waals surface area contributed by atoms with Crippen molar-refractivity contribution in [2.75, 3.05) is 6.61 Å². The number of nitriles is 1. The summed E-state index contributed by atoms with van der Waals surface area (Å²) in [5.41, 5.74) is 0.0198. The summed E-state index contributed by atoms with van der Waals surface area (Å²) in [5, 5.41) is 9.20. The Morgan fingerprint density at radius 2 is 2.07 bits per heavy atom. The van der Waals surface area contributed by atoms with Crippen LogP contribution in [0.25, 0.3) is 0 Å². The summed E-state index contributed by atoms with van der Waals surface area (Å²) in [7, 11) is 0. The van der Waals surface area contributed by atoms with E-state index in [1.165, 1.54) is 25.7 Å². The SMILES string of the molecule is N#CC1(CCC2CCCO2)CCCC1. The molecule has 2 fully saturated rings. The molecule has 1 unspecified atom stereocenters. The van der Waals surface area contributed by atoms with E-state index in [0.717, 1.165) is 32.3 Å². The molecule has 0 radical (unpaired) electrons. The molecule has 2 rings (SSSR count). The predicted octanol–water partition coefficient (Wildman–Crippen LogP) is 3.03. The van der Waals surface area contributed by atoms with Crippen molar-refractivity contribution < 1.29 is 4.74 Å². The van der Waals surface area contributed by atoms with Crippen LogP contribution in [-0.2, 0) is 4.74 Å². The minimum atomic E-state index is 0.0198. The van der Waals surface area contributed by atoms with Gasteiger partial charge >= 0.3 is 0 Å². The highest BCUT2D eigenvalue weighted by molar-refractivity contribution is 5.02. The molecular formula is C12H19NO. The standard InChI is InChI=1S/C12H19NO/c13-10-12(6-1-2-7-12)8-5-11-4-3-9-14-11/h11H,1-9H2. The summed E-state index contributed by atoms with van der Waals surface area (Å²) in [5.74, 6) is 0. The van der Waals surface area contributed by atoms with Gasteiger partial charge in [0.25, 0.3) is 0 Å². The molecule has 2 aliphatic rings. The van der Waals surface area contributed by atoms with E-state index in [0.29, 0.717) is 6.10 Å². The smallest absolute Gasteiger partial charge is 0.0689 e. The van der Waals surface area contributed by atoms with E-state index in [1.807, 2.05) is 0 Å². The van der Waals surface area contributed by atoms with Gasteiger partial charge in [-0.2, -0.15) is 5.26 Å². The Morgan fingerprint density at radius 1 is 1.29 bits per heavy atom. The largest absolute Gasteiger partial charge is 0.378 e. The van der Waals surface area contributed by atoms with Crippen molar-refractivity contribution in [1.29, 1.82) is 5.26 Å². The summed E-state index contributed by atoms with van der Waals surface area (Å²) in [4.78, 5) is 0. The first kappa shape index (κ1) is 9.98. The monoisotopic (exact) mass is 193 g/mol. The second kappa shape index (κ2) is 4.31. The lowest BCUT2D eigenvalue weighted by Gasteiger charge is -2.21. The third-order valence-corrected chi connectivity index (χ3v) is 3.77. The zero-order valence-electron chi connectivity index (χ0n) is 8.80. The van der Waals surface area contributed by atoms with Crippen LogP contribution in [0.2, 0.25) is 0 Å². The maximum absolute atomic E-state index is 9.20. The maximum Gasteiger partial charge on any atom is 0.0689 e. The maximum atomic E-state index is 9.20. The van der Waals surface area contributed by atoms with Crippen LogP contribution in [0.3, 0.4) is 0 Å². The van der Waals surface area contributed by atoms with Gasteiger partial charge in [0, 0.05) is 6.61 Å². The van der Waals surface area contributed by atoms with Gasteiger partial charge in [0.2, 0.25) is 0 Å². The molecule has 14 heavy (non-hydrogen) atoms. The molecule has 2 nitrogen and oxygen atoms in total. The summed E-state index contributed by atoms with van der Waals surface area (Å²) in [6.07, 6.45) is 9.79. The summed E-state index contributed by atoms with van der Waals surface area (Å²) >= 11 is 0. The van der Waals surface area contributed by atoms with E-state index in [1.54, 1.807) is 0 Å². The Kier molecular flexibility index (Phi) is 3.08. The van der Waals surface area contributed by atoms with E-state index in [4.69, 9.17) is 4.74 Å². The molecule has 0 N–H and O–H groups in total. The van der Waals surface area contributed by atoms with Crippen LogP contribution in [0, 0.1) is 16.7 Å². The van der Waals surface area contributed by atoms with Crippen molar-refractivity contribution in [1.82, 2.24) is 0 Å². The fraction of sp³-hybridized carbons (Fsp3) is 0.917. The number of nitrogens with zero attached hydrogens (tertiary/aromatic N) is 1. The lowest BCUT2D eigenvalue weighted by atomic mass is 9.82. The molecule has 0 amide bonds. The van der Waals surface area contributed by atoms with Crippen molar-refractivity contribution in [2.45, 2.75) is 57.5 Å². The van der Waals surface area contributed by atoms with Crippen LogP contribution in [0.5, 0.6) is 0 Å². The highest BCUT2D eigenvalue weighted by Crippen LogP contribution is 2.42. The topological polar surface area (TPSA) is 33.0 Å². The predicted molar refractivity (Wildman–Crippen MR) is 54.7 cm³/mol. The lowest BCUT2D eigenvalue weighted by Crippen LogP contribution is -2.17. The molecule has 2 heteroatoms. The van der Waals surface area contributed by atoms with Gasteiger partial charge in [0.1, 0.15) is 0 Å². The van der Waals surface area contributed by atoms with Crippen LogP contribution in [0.1, 0.15) is 51.4 Å². The molecule has 0 bridgehead atoms. The third-order valence-electron chi connectivity index (χ3n) is 3.77. The molecule has 0 aromatic carbocycles. The molecule has 78 valence electrons. The third kappa shape index (κ3) is 2.09. The number of hydrogen-bond acceptors (Lipinski definition) is 2. The van der Waals surface area contributed by atoms with Crippen LogP contribution in [0.15, 0.2) is 0 Å². The molecular weight excluding hydrogens is 174 g/mol. The van der Waals surface area contributed by atoms with Crippen LogP contribution < -0.4 is 0 Å². The van der Waals surface area contributed by atoms with Crippen molar-refractivity contribution in [3.63, 3.8) is 0 Å². The number of rotatable bonds is 3. The fourth-order valence-electron chi connectivity index (χ4n) is 2.78. The van der Waals surface area contributed by atoms with E-state index in [9.17, 15) is 5.26 Å². The van der Waals surface area contributed by atoms with E-state index in [2.05, 4.69) is 6.07 Å². The van der Waals surface area contributed by atoms with Gasteiger partial charge in [-0.1, -0.05) is 12.8 Å². The first-order valence-corrected chi connectivity index (χ1v) is 5.88. The van der Waals surface area contributed by atoms with Crippen LogP contribution in [-0.4, -0.2) is 12.7 Å². The van der Waals surface area contributed by atoms with Gasteiger partial charge in [-0.25, -0.2) is 0 Å². The van der Waals surface area contributed by atoms with E-state index < -0.39 is 0 Å². The van der Waals surface area contributed by atoms with E-state index >= 15 is 0 Å². The highest BCUT2D eigenvalue weighted by Gasteiger charge is 2.34. The molecule has 0 aromatic rings. The summed E-state index contributed by atoms with van der Waals surface area (Å²) < 4.78 is 5.59. The zero-order chi connectivity index (χ0) is 9.86. The average Bonchev–Trinajstić information content (AvgIpc) is 2.87. The van der Waals surface area contributed by atoms with Crippen LogP contribution in [0.4, 0.5) is 0 Å².